The van der Waals surface area contributed by atoms with Gasteiger partial charge in [-0.05, 0) is 24.3 Å². The van der Waals surface area contributed by atoms with Crippen LogP contribution in [0.15, 0.2) is 30.5 Å². The number of nitrogens with one attached hydrogen (secondary N) is 1. The van der Waals surface area contributed by atoms with Crippen LogP contribution in [0, 0.1) is 0 Å². The van der Waals surface area contributed by atoms with Crippen LogP contribution >= 0.6 is 0 Å². The summed E-state index contributed by atoms with van der Waals surface area (Å²) in [4.78, 5) is 12.1. The number of amides is 1. The number of carbonyl (C=O) groups is 1. The lowest BCUT2D eigenvalue weighted by molar-refractivity contribution is 0.102. The highest BCUT2D eigenvalue weighted by Gasteiger charge is 2.21. The molecule has 1 aliphatic rings. The van der Waals surface area contributed by atoms with E-state index < -0.39 is 0 Å². The van der Waals surface area contributed by atoms with Gasteiger partial charge in [0.25, 0.3) is 5.91 Å². The van der Waals surface area contributed by atoms with Crippen LogP contribution in [0.4, 0.5) is 5.69 Å². The van der Waals surface area contributed by atoms with Gasteiger partial charge in [-0.1, -0.05) is 0 Å². The third-order valence-corrected chi connectivity index (χ3v) is 2.91. The molecule has 98 valence electrons. The van der Waals surface area contributed by atoms with Gasteiger partial charge >= 0.3 is 0 Å². The zero-order valence-electron chi connectivity index (χ0n) is 10.2. The molecule has 0 fully saturated rings. The highest BCUT2D eigenvalue weighted by molar-refractivity contribution is 6.05. The van der Waals surface area contributed by atoms with Crippen molar-refractivity contribution in [2.45, 2.75) is 13.0 Å². The van der Waals surface area contributed by atoms with Crippen LogP contribution in [0.1, 0.15) is 16.8 Å². The smallest absolute Gasteiger partial charge is 0.262 e. The predicted octanol–water partition coefficient (Wildman–Crippen LogP) is 1.62. The van der Waals surface area contributed by atoms with Gasteiger partial charge < -0.3 is 15.2 Å². The number of nitrogens with zero attached hydrogens (tertiary/aromatic N) is 2. The Morgan fingerprint density at radius 1 is 1.37 bits per heavy atom. The summed E-state index contributed by atoms with van der Waals surface area (Å²) in [5.41, 5.74) is 1.03. The van der Waals surface area contributed by atoms with Crippen molar-refractivity contribution in [1.82, 2.24) is 9.78 Å². The maximum atomic E-state index is 12.1. The molecule has 2 N–H and O–H groups in total. The summed E-state index contributed by atoms with van der Waals surface area (Å²) in [5, 5.41) is 16.0. The average Bonchev–Trinajstić information content (AvgIpc) is 2.85. The van der Waals surface area contributed by atoms with Crippen LogP contribution in [0.25, 0.3) is 0 Å². The molecule has 2 aromatic rings. The minimum atomic E-state index is -0.270. The molecule has 1 aliphatic heterocycles. The van der Waals surface area contributed by atoms with E-state index in [-0.39, 0.29) is 11.7 Å². The minimum Gasteiger partial charge on any atom is -0.508 e. The second-order valence-electron chi connectivity index (χ2n) is 4.29. The Bertz CT molecular complexity index is 604. The summed E-state index contributed by atoms with van der Waals surface area (Å²) in [6, 6.07) is 6.28. The van der Waals surface area contributed by atoms with E-state index in [4.69, 9.17) is 4.74 Å². The largest absolute Gasteiger partial charge is 0.508 e. The molecule has 0 aliphatic carbocycles. The molecule has 1 aromatic heterocycles. The lowest BCUT2D eigenvalue weighted by Crippen LogP contribution is -2.18. The van der Waals surface area contributed by atoms with Gasteiger partial charge in [0.05, 0.1) is 12.8 Å². The van der Waals surface area contributed by atoms with Crippen LogP contribution in [-0.4, -0.2) is 27.4 Å². The average molecular weight is 259 g/mol. The van der Waals surface area contributed by atoms with E-state index in [2.05, 4.69) is 10.4 Å². The molecule has 0 radical (unpaired) electrons. The van der Waals surface area contributed by atoms with Crippen molar-refractivity contribution in [1.29, 1.82) is 0 Å². The van der Waals surface area contributed by atoms with E-state index in [0.29, 0.717) is 23.7 Å². The molecule has 2 heterocycles. The van der Waals surface area contributed by atoms with E-state index in [1.165, 1.54) is 18.3 Å². The molecular formula is C13H13N3O3. The maximum Gasteiger partial charge on any atom is 0.262 e. The first kappa shape index (κ1) is 11.6. The van der Waals surface area contributed by atoms with E-state index in [0.717, 1.165) is 13.0 Å². The van der Waals surface area contributed by atoms with Gasteiger partial charge in [-0.3, -0.25) is 4.79 Å². The van der Waals surface area contributed by atoms with Crippen LogP contribution in [-0.2, 0) is 6.54 Å². The van der Waals surface area contributed by atoms with Gasteiger partial charge in [0.15, 0.2) is 0 Å². The van der Waals surface area contributed by atoms with Crippen molar-refractivity contribution >= 4 is 11.6 Å². The van der Waals surface area contributed by atoms with E-state index in [9.17, 15) is 9.90 Å². The maximum absolute atomic E-state index is 12.1. The predicted molar refractivity (Wildman–Crippen MR) is 68.4 cm³/mol. The number of rotatable bonds is 2. The van der Waals surface area contributed by atoms with Crippen molar-refractivity contribution in [3.63, 3.8) is 0 Å². The minimum absolute atomic E-state index is 0.157. The van der Waals surface area contributed by atoms with E-state index in [1.807, 2.05) is 0 Å². The van der Waals surface area contributed by atoms with Crippen LogP contribution in [0.3, 0.4) is 0 Å². The zero-order chi connectivity index (χ0) is 13.2. The first-order valence-electron chi connectivity index (χ1n) is 6.03. The van der Waals surface area contributed by atoms with Crippen molar-refractivity contribution in [2.75, 3.05) is 11.9 Å². The number of hydrogen-bond donors (Lipinski definition) is 2. The van der Waals surface area contributed by atoms with Crippen LogP contribution < -0.4 is 10.1 Å². The van der Waals surface area contributed by atoms with Gasteiger partial charge in [0.2, 0.25) is 5.88 Å². The van der Waals surface area contributed by atoms with Gasteiger partial charge in [0.1, 0.15) is 11.3 Å². The monoisotopic (exact) mass is 259 g/mol. The molecule has 19 heavy (non-hydrogen) atoms. The second-order valence-corrected chi connectivity index (χ2v) is 4.29. The first-order valence-corrected chi connectivity index (χ1v) is 6.03. The summed E-state index contributed by atoms with van der Waals surface area (Å²) in [6.07, 6.45) is 2.41. The number of hydrogen-bond acceptors (Lipinski definition) is 4. The Morgan fingerprint density at radius 2 is 2.16 bits per heavy atom. The molecule has 0 atom stereocenters. The third-order valence-electron chi connectivity index (χ3n) is 2.91. The summed E-state index contributed by atoms with van der Waals surface area (Å²) < 4.78 is 7.16. The summed E-state index contributed by atoms with van der Waals surface area (Å²) >= 11 is 0. The van der Waals surface area contributed by atoms with Crippen LogP contribution in [0.5, 0.6) is 11.6 Å². The van der Waals surface area contributed by atoms with Gasteiger partial charge in [-0.15, -0.1) is 0 Å². The molecule has 3 rings (SSSR count). The fourth-order valence-electron chi connectivity index (χ4n) is 1.97. The first-order chi connectivity index (χ1) is 9.24. The lowest BCUT2D eigenvalue weighted by atomic mass is 10.2. The van der Waals surface area contributed by atoms with Crippen LogP contribution in [0.2, 0.25) is 0 Å². The van der Waals surface area contributed by atoms with Crippen molar-refractivity contribution in [3.8, 4) is 11.6 Å². The highest BCUT2D eigenvalue weighted by Crippen LogP contribution is 2.23. The fraction of sp³-hybridized carbons (Fsp3) is 0.231. The molecule has 0 bridgehead atoms. The Balaban J connectivity index is 1.80. The standard InChI is InChI=1S/C13H13N3O3/c17-10-4-2-9(3-5-10)15-12(18)11-8-14-16-6-1-7-19-13(11)16/h2-5,8,17H,1,6-7H2,(H,15,18). The van der Waals surface area contributed by atoms with Crippen molar-refractivity contribution in [3.05, 3.63) is 36.0 Å². The Kier molecular flexibility index (Phi) is 2.83. The number of ether oxygens (including phenoxy) is 1. The molecule has 0 saturated carbocycles. The Morgan fingerprint density at radius 3 is 2.95 bits per heavy atom. The molecule has 0 unspecified atom stereocenters. The number of aromatic nitrogens is 2. The quantitative estimate of drug-likeness (QED) is 0.803. The molecule has 6 nitrogen and oxygen atoms in total. The van der Waals surface area contributed by atoms with Crippen molar-refractivity contribution in [2.24, 2.45) is 0 Å². The van der Waals surface area contributed by atoms with E-state index >= 15 is 0 Å². The Labute approximate surface area is 109 Å². The SMILES string of the molecule is O=C(Nc1ccc(O)cc1)c1cnn2c1OCCC2. The molecule has 1 aromatic carbocycles. The molecule has 1 amide bonds. The number of carbonyl (C=O) groups excluding carboxylic acids is 1. The molecule has 0 saturated heterocycles. The second kappa shape index (κ2) is 4.64. The number of anilines is 1. The molecular weight excluding hydrogens is 246 g/mol. The summed E-state index contributed by atoms with van der Waals surface area (Å²) in [6.45, 7) is 1.37. The van der Waals surface area contributed by atoms with Gasteiger partial charge in [-0.25, -0.2) is 4.68 Å². The molecule has 0 spiro atoms. The van der Waals surface area contributed by atoms with Gasteiger partial charge in [-0.2, -0.15) is 5.10 Å². The van der Waals surface area contributed by atoms with Gasteiger partial charge in [0, 0.05) is 18.7 Å². The third kappa shape index (κ3) is 2.24. The van der Waals surface area contributed by atoms with E-state index in [1.54, 1.807) is 16.8 Å². The number of aromatic hydroxyl groups is 1. The topological polar surface area (TPSA) is 76.4 Å². The summed E-state index contributed by atoms with van der Waals surface area (Å²) in [7, 11) is 0. The number of fused-ring (bicyclic) bond motifs is 1. The summed E-state index contributed by atoms with van der Waals surface area (Å²) in [5.74, 6) is 0.403. The van der Waals surface area contributed by atoms with Crippen molar-refractivity contribution < 1.29 is 14.6 Å². The number of aryl methyl sites for hydroxylation is 1. The Hall–Kier alpha value is -2.50. The molecule has 6 heteroatoms. The normalized spacial score (nSPS) is 13.5. The number of phenols is 1. The number of benzene rings is 1. The zero-order valence-corrected chi connectivity index (χ0v) is 10.2. The fourth-order valence-corrected chi connectivity index (χ4v) is 1.97. The number of phenolic OH excluding ortho intramolecular Hbond substituents is 1. The lowest BCUT2D eigenvalue weighted by Gasteiger charge is -2.15. The highest BCUT2D eigenvalue weighted by atomic mass is 16.5.